The minimum Gasteiger partial charge on any atom is -0.357 e. The van der Waals surface area contributed by atoms with E-state index in [9.17, 15) is 14.0 Å². The molecule has 1 atom stereocenters. The molecule has 0 saturated carbocycles. The molecular weight excluding hydrogens is 494 g/mol. The number of rotatable bonds is 10. The molecule has 0 spiro atoms. The van der Waals surface area contributed by atoms with E-state index >= 15 is 0 Å². The smallest absolute Gasteiger partial charge is 0.242 e. The van der Waals surface area contributed by atoms with Gasteiger partial charge in [0.2, 0.25) is 11.8 Å². The van der Waals surface area contributed by atoms with Gasteiger partial charge < -0.3 is 10.2 Å². The van der Waals surface area contributed by atoms with Gasteiger partial charge in [0.15, 0.2) is 0 Å². The predicted octanol–water partition coefficient (Wildman–Crippen LogP) is 5.75. The van der Waals surface area contributed by atoms with Crippen molar-refractivity contribution in [3.63, 3.8) is 0 Å². The minimum atomic E-state index is -0.749. The molecule has 0 saturated heterocycles. The van der Waals surface area contributed by atoms with Crippen molar-refractivity contribution in [2.45, 2.75) is 24.8 Å². The highest BCUT2D eigenvalue weighted by atomic mass is 35.5. The molecule has 3 aromatic rings. The van der Waals surface area contributed by atoms with Gasteiger partial charge in [0.25, 0.3) is 0 Å². The van der Waals surface area contributed by atoms with Crippen LogP contribution in [-0.4, -0.2) is 35.6 Å². The Bertz CT molecular complexity index is 1130. The van der Waals surface area contributed by atoms with Crippen LogP contribution in [0.3, 0.4) is 0 Å². The third-order valence-corrected chi connectivity index (χ3v) is 6.87. The Hall–Kier alpha value is -2.54. The number of likely N-dealkylation sites (N-methyl/N-ethyl adjacent to an activating group) is 1. The zero-order valence-electron chi connectivity index (χ0n) is 18.6. The van der Waals surface area contributed by atoms with Gasteiger partial charge in [-0.2, -0.15) is 0 Å². The second-order valence-corrected chi connectivity index (χ2v) is 9.49. The summed E-state index contributed by atoms with van der Waals surface area (Å²) in [6, 6.07) is 20.3. The number of hydrogen-bond acceptors (Lipinski definition) is 3. The third kappa shape index (κ3) is 7.23. The number of hydrogen-bond donors (Lipinski definition) is 1. The molecule has 0 aliphatic heterocycles. The van der Waals surface area contributed by atoms with Crippen LogP contribution in [0.25, 0.3) is 0 Å². The molecule has 3 rings (SSSR count). The Labute approximate surface area is 213 Å². The fraction of sp³-hybridized carbons (Fsp3) is 0.231. The first-order chi connectivity index (χ1) is 16.4. The fourth-order valence-corrected chi connectivity index (χ4v) is 4.87. The summed E-state index contributed by atoms with van der Waals surface area (Å²) in [5.74, 6) is -0.392. The number of nitrogens with zero attached hydrogens (tertiary/aromatic N) is 1. The van der Waals surface area contributed by atoms with Gasteiger partial charge in [0.05, 0.1) is 5.75 Å². The van der Waals surface area contributed by atoms with Crippen LogP contribution in [0, 0.1) is 5.82 Å². The van der Waals surface area contributed by atoms with Gasteiger partial charge in [0, 0.05) is 35.8 Å². The van der Waals surface area contributed by atoms with Crippen molar-refractivity contribution in [2.75, 3.05) is 12.8 Å². The summed E-state index contributed by atoms with van der Waals surface area (Å²) in [4.78, 5) is 27.9. The van der Waals surface area contributed by atoms with Gasteiger partial charge in [0.1, 0.15) is 11.9 Å². The van der Waals surface area contributed by atoms with Gasteiger partial charge in [-0.25, -0.2) is 4.39 Å². The van der Waals surface area contributed by atoms with Gasteiger partial charge >= 0.3 is 0 Å². The first-order valence-electron chi connectivity index (χ1n) is 10.7. The molecule has 0 fully saturated rings. The lowest BCUT2D eigenvalue weighted by Crippen LogP contribution is -2.50. The summed E-state index contributed by atoms with van der Waals surface area (Å²) in [7, 11) is 1.55. The molecule has 0 radical (unpaired) electrons. The van der Waals surface area contributed by atoms with Crippen molar-refractivity contribution < 1.29 is 14.0 Å². The third-order valence-electron chi connectivity index (χ3n) is 5.31. The maximum Gasteiger partial charge on any atom is 0.242 e. The van der Waals surface area contributed by atoms with Gasteiger partial charge in [-0.1, -0.05) is 77.8 Å². The molecule has 0 heterocycles. The minimum absolute atomic E-state index is 0.0851. The number of thioether (sulfide) groups is 1. The molecule has 8 heteroatoms. The molecule has 4 nitrogen and oxygen atoms in total. The van der Waals surface area contributed by atoms with Crippen molar-refractivity contribution in [1.82, 2.24) is 10.2 Å². The molecule has 0 bridgehead atoms. The van der Waals surface area contributed by atoms with Crippen LogP contribution < -0.4 is 5.32 Å². The van der Waals surface area contributed by atoms with Crippen LogP contribution in [0.15, 0.2) is 72.8 Å². The second kappa shape index (κ2) is 12.8. The van der Waals surface area contributed by atoms with Crippen molar-refractivity contribution in [3.05, 3.63) is 105 Å². The van der Waals surface area contributed by atoms with Crippen molar-refractivity contribution >= 4 is 46.8 Å². The van der Waals surface area contributed by atoms with Gasteiger partial charge in [-0.15, -0.1) is 11.8 Å². The van der Waals surface area contributed by atoms with E-state index in [2.05, 4.69) is 5.32 Å². The van der Waals surface area contributed by atoms with Crippen molar-refractivity contribution in [2.24, 2.45) is 0 Å². The van der Waals surface area contributed by atoms with Gasteiger partial charge in [-0.05, 0) is 34.9 Å². The summed E-state index contributed by atoms with van der Waals surface area (Å²) in [6.45, 7) is 0.139. The zero-order valence-corrected chi connectivity index (χ0v) is 21.0. The molecule has 2 amide bonds. The quantitative estimate of drug-likeness (QED) is 0.371. The standard InChI is InChI=1S/C26H25Cl2FN2O2S/c1-30-26(33)24(13-18-7-3-2-4-8-18)31(15-19-11-12-21(27)14-22(19)28)25(32)17-34-16-20-9-5-6-10-23(20)29/h2-12,14,24H,13,15-17H2,1H3,(H,30,33)/t24-/m0/s1. The summed E-state index contributed by atoms with van der Waals surface area (Å²) >= 11 is 13.7. The number of carbonyl (C=O) groups is 2. The van der Waals surface area contributed by atoms with Crippen LogP contribution in [0.2, 0.25) is 10.0 Å². The Morgan fingerprint density at radius 1 is 1.00 bits per heavy atom. The maximum absolute atomic E-state index is 14.0. The molecule has 0 aliphatic rings. The van der Waals surface area contributed by atoms with Crippen LogP contribution in [0.1, 0.15) is 16.7 Å². The normalized spacial score (nSPS) is 11.6. The van der Waals surface area contributed by atoms with E-state index in [0.29, 0.717) is 33.3 Å². The first-order valence-corrected chi connectivity index (χ1v) is 12.6. The van der Waals surface area contributed by atoms with Gasteiger partial charge in [-0.3, -0.25) is 9.59 Å². The fourth-order valence-electron chi connectivity index (χ4n) is 3.50. The molecular formula is C26H25Cl2FN2O2S. The van der Waals surface area contributed by atoms with E-state index in [1.165, 1.54) is 22.7 Å². The number of benzene rings is 3. The highest BCUT2D eigenvalue weighted by Crippen LogP contribution is 2.25. The highest BCUT2D eigenvalue weighted by Gasteiger charge is 2.30. The summed E-state index contributed by atoms with van der Waals surface area (Å²) in [6.07, 6.45) is 0.343. The largest absolute Gasteiger partial charge is 0.357 e. The SMILES string of the molecule is CNC(=O)[C@H](Cc1ccccc1)N(Cc1ccc(Cl)cc1Cl)C(=O)CSCc1ccccc1F. The van der Waals surface area contributed by atoms with Crippen LogP contribution in [0.4, 0.5) is 4.39 Å². The average Bonchev–Trinajstić information content (AvgIpc) is 2.83. The Balaban J connectivity index is 1.85. The molecule has 1 N–H and O–H groups in total. The topological polar surface area (TPSA) is 49.4 Å². The lowest BCUT2D eigenvalue weighted by atomic mass is 10.0. The van der Waals surface area contributed by atoms with E-state index in [0.717, 1.165) is 5.56 Å². The summed E-state index contributed by atoms with van der Waals surface area (Å²) < 4.78 is 14.0. The Kier molecular flexibility index (Phi) is 9.81. The Morgan fingerprint density at radius 3 is 2.38 bits per heavy atom. The average molecular weight is 519 g/mol. The number of amides is 2. The lowest BCUT2D eigenvalue weighted by molar-refractivity contribution is -0.139. The predicted molar refractivity (Wildman–Crippen MR) is 138 cm³/mol. The lowest BCUT2D eigenvalue weighted by Gasteiger charge is -2.31. The monoisotopic (exact) mass is 518 g/mol. The molecule has 3 aromatic carbocycles. The second-order valence-electron chi connectivity index (χ2n) is 7.66. The Morgan fingerprint density at radius 2 is 1.71 bits per heavy atom. The zero-order chi connectivity index (χ0) is 24.5. The molecule has 178 valence electrons. The summed E-state index contributed by atoms with van der Waals surface area (Å²) in [5.41, 5.74) is 2.13. The van der Waals surface area contributed by atoms with Crippen LogP contribution >= 0.6 is 35.0 Å². The van der Waals surface area contributed by atoms with E-state index in [1.807, 2.05) is 30.3 Å². The molecule has 0 aromatic heterocycles. The number of nitrogens with one attached hydrogen (secondary N) is 1. The van der Waals surface area contributed by atoms with Crippen molar-refractivity contribution in [1.29, 1.82) is 0 Å². The van der Waals surface area contributed by atoms with Crippen LogP contribution in [0.5, 0.6) is 0 Å². The van der Waals surface area contributed by atoms with Crippen molar-refractivity contribution in [3.8, 4) is 0 Å². The number of carbonyl (C=O) groups excluding carboxylic acids is 2. The van der Waals surface area contributed by atoms with E-state index in [-0.39, 0.29) is 29.9 Å². The highest BCUT2D eigenvalue weighted by molar-refractivity contribution is 7.99. The van der Waals surface area contributed by atoms with Crippen LogP contribution in [-0.2, 0) is 28.3 Å². The van der Waals surface area contributed by atoms with E-state index < -0.39 is 6.04 Å². The molecule has 0 unspecified atom stereocenters. The molecule has 34 heavy (non-hydrogen) atoms. The van der Waals surface area contributed by atoms with E-state index in [4.69, 9.17) is 23.2 Å². The van der Waals surface area contributed by atoms with E-state index in [1.54, 1.807) is 43.4 Å². The summed E-state index contributed by atoms with van der Waals surface area (Å²) in [5, 5.41) is 3.58. The maximum atomic E-state index is 14.0. The number of halogens is 3. The molecule has 0 aliphatic carbocycles. The first kappa shape index (κ1) is 26.1.